The molecular formula is C11H17NO5. The van der Waals surface area contributed by atoms with Crippen LogP contribution >= 0.6 is 0 Å². The van der Waals surface area contributed by atoms with Gasteiger partial charge in [-0.1, -0.05) is 0 Å². The fourth-order valence-corrected chi connectivity index (χ4v) is 2.56. The van der Waals surface area contributed by atoms with Crippen molar-refractivity contribution in [3.8, 4) is 0 Å². The van der Waals surface area contributed by atoms with Crippen molar-refractivity contribution >= 4 is 12.4 Å². The van der Waals surface area contributed by atoms with Crippen LogP contribution in [0.4, 0.5) is 0 Å². The van der Waals surface area contributed by atoms with Crippen LogP contribution in [0.25, 0.3) is 0 Å². The zero-order valence-corrected chi connectivity index (χ0v) is 9.86. The first-order valence-electron chi connectivity index (χ1n) is 5.74. The van der Waals surface area contributed by atoms with Gasteiger partial charge in [-0.25, -0.2) is 4.79 Å². The molecule has 2 fully saturated rings. The fourth-order valence-electron chi connectivity index (χ4n) is 2.56. The van der Waals surface area contributed by atoms with E-state index in [1.165, 1.54) is 7.11 Å². The van der Waals surface area contributed by atoms with E-state index in [0.717, 1.165) is 0 Å². The number of esters is 1. The van der Waals surface area contributed by atoms with Gasteiger partial charge in [-0.05, 0) is 12.8 Å². The summed E-state index contributed by atoms with van der Waals surface area (Å²) in [5, 5.41) is 2.59. The van der Waals surface area contributed by atoms with Gasteiger partial charge in [-0.15, -0.1) is 0 Å². The summed E-state index contributed by atoms with van der Waals surface area (Å²) in [5.41, 5.74) is -0.920. The normalized spacial score (nSPS) is 25.5. The van der Waals surface area contributed by atoms with E-state index in [1.54, 1.807) is 0 Å². The summed E-state index contributed by atoms with van der Waals surface area (Å²) in [5.74, 6) is -0.959. The van der Waals surface area contributed by atoms with Crippen LogP contribution < -0.4 is 5.32 Å². The molecule has 1 saturated heterocycles. The van der Waals surface area contributed by atoms with Gasteiger partial charge in [-0.3, -0.25) is 4.79 Å². The summed E-state index contributed by atoms with van der Waals surface area (Å²) in [6.45, 7) is 1.18. The second kappa shape index (κ2) is 4.62. The van der Waals surface area contributed by atoms with Gasteiger partial charge in [-0.2, -0.15) is 0 Å². The summed E-state index contributed by atoms with van der Waals surface area (Å²) in [6, 6.07) is 0. The van der Waals surface area contributed by atoms with E-state index in [0.29, 0.717) is 45.3 Å². The van der Waals surface area contributed by atoms with E-state index >= 15 is 0 Å². The lowest BCUT2D eigenvalue weighted by Crippen LogP contribution is -2.57. The van der Waals surface area contributed by atoms with Gasteiger partial charge in [0.25, 0.3) is 0 Å². The average molecular weight is 243 g/mol. The smallest absolute Gasteiger partial charge is 0.331 e. The number of amides is 1. The third kappa shape index (κ3) is 2.14. The topological polar surface area (TPSA) is 73.9 Å². The fraction of sp³-hybridized carbons (Fsp3) is 0.818. The molecule has 17 heavy (non-hydrogen) atoms. The van der Waals surface area contributed by atoms with Crippen LogP contribution in [0, 0.1) is 0 Å². The summed E-state index contributed by atoms with van der Waals surface area (Å²) in [4.78, 5) is 22.4. The maximum atomic E-state index is 11.8. The Kier molecular flexibility index (Phi) is 3.35. The lowest BCUT2D eigenvalue weighted by molar-refractivity contribution is -0.192. The molecule has 0 radical (unpaired) electrons. The summed E-state index contributed by atoms with van der Waals surface area (Å²) in [6.07, 6.45) is 2.66. The van der Waals surface area contributed by atoms with E-state index < -0.39 is 17.3 Å². The second-order valence-electron chi connectivity index (χ2n) is 4.44. The van der Waals surface area contributed by atoms with Crippen LogP contribution in [-0.4, -0.2) is 44.0 Å². The number of hydrogen-bond donors (Lipinski definition) is 1. The van der Waals surface area contributed by atoms with Gasteiger partial charge in [0, 0.05) is 12.8 Å². The van der Waals surface area contributed by atoms with Crippen molar-refractivity contribution in [2.75, 3.05) is 20.3 Å². The van der Waals surface area contributed by atoms with Crippen LogP contribution in [0.2, 0.25) is 0 Å². The van der Waals surface area contributed by atoms with Crippen molar-refractivity contribution in [3.63, 3.8) is 0 Å². The third-order valence-corrected chi connectivity index (χ3v) is 3.59. The molecule has 1 spiro atoms. The highest BCUT2D eigenvalue weighted by atomic mass is 16.7. The zero-order valence-electron chi connectivity index (χ0n) is 9.86. The van der Waals surface area contributed by atoms with Gasteiger partial charge in [0.2, 0.25) is 6.41 Å². The predicted octanol–water partition coefficient (Wildman–Crippen LogP) is -0.0387. The van der Waals surface area contributed by atoms with E-state index in [4.69, 9.17) is 14.2 Å². The highest BCUT2D eigenvalue weighted by Gasteiger charge is 2.50. The molecule has 96 valence electrons. The highest BCUT2D eigenvalue weighted by molar-refractivity contribution is 5.83. The third-order valence-electron chi connectivity index (χ3n) is 3.59. The van der Waals surface area contributed by atoms with Gasteiger partial charge in [0.05, 0.1) is 20.3 Å². The Balaban J connectivity index is 2.07. The van der Waals surface area contributed by atoms with E-state index in [-0.39, 0.29) is 0 Å². The van der Waals surface area contributed by atoms with Crippen molar-refractivity contribution in [3.05, 3.63) is 0 Å². The average Bonchev–Trinajstić information content (AvgIpc) is 2.81. The Morgan fingerprint density at radius 1 is 1.24 bits per heavy atom. The summed E-state index contributed by atoms with van der Waals surface area (Å²) >= 11 is 0. The van der Waals surface area contributed by atoms with Crippen molar-refractivity contribution in [2.24, 2.45) is 0 Å². The molecule has 0 aromatic carbocycles. The molecule has 0 aromatic heterocycles. The first kappa shape index (κ1) is 12.3. The molecule has 1 amide bonds. The highest BCUT2D eigenvalue weighted by Crippen LogP contribution is 2.40. The lowest BCUT2D eigenvalue weighted by Gasteiger charge is -2.41. The van der Waals surface area contributed by atoms with Crippen molar-refractivity contribution < 1.29 is 23.8 Å². The standard InChI is InChI=1S/C11H17NO5/c1-15-9(14)10(12-8-13)2-4-11(5-3-10)16-6-7-17-11/h8H,2-7H2,1H3,(H,12,13). The van der Waals surface area contributed by atoms with Crippen LogP contribution in [0.5, 0.6) is 0 Å². The number of ether oxygens (including phenoxy) is 3. The van der Waals surface area contributed by atoms with Crippen molar-refractivity contribution in [1.29, 1.82) is 0 Å². The van der Waals surface area contributed by atoms with Gasteiger partial charge >= 0.3 is 5.97 Å². The second-order valence-corrected chi connectivity index (χ2v) is 4.44. The van der Waals surface area contributed by atoms with Crippen LogP contribution in [-0.2, 0) is 23.8 Å². The molecule has 0 unspecified atom stereocenters. The van der Waals surface area contributed by atoms with Gasteiger partial charge in [0.1, 0.15) is 5.54 Å². The molecule has 2 rings (SSSR count). The molecule has 1 aliphatic carbocycles. The Morgan fingerprint density at radius 3 is 2.29 bits per heavy atom. The van der Waals surface area contributed by atoms with Crippen LogP contribution in [0.15, 0.2) is 0 Å². The van der Waals surface area contributed by atoms with Crippen molar-refractivity contribution in [2.45, 2.75) is 37.0 Å². The first-order valence-corrected chi connectivity index (χ1v) is 5.74. The van der Waals surface area contributed by atoms with Gasteiger partial charge in [0.15, 0.2) is 5.79 Å². The number of rotatable bonds is 3. The Hall–Kier alpha value is -1.14. The Labute approximate surface area is 99.6 Å². The maximum Gasteiger partial charge on any atom is 0.331 e. The van der Waals surface area contributed by atoms with E-state index in [9.17, 15) is 9.59 Å². The number of methoxy groups -OCH3 is 1. The lowest BCUT2D eigenvalue weighted by atomic mass is 9.78. The minimum absolute atomic E-state index is 0.405. The van der Waals surface area contributed by atoms with Gasteiger partial charge < -0.3 is 19.5 Å². The van der Waals surface area contributed by atoms with Crippen LogP contribution in [0.1, 0.15) is 25.7 Å². The predicted molar refractivity (Wildman–Crippen MR) is 57.0 cm³/mol. The van der Waals surface area contributed by atoms with E-state index in [2.05, 4.69) is 5.32 Å². The molecule has 0 atom stereocenters. The Bertz CT molecular complexity index is 301. The first-order chi connectivity index (χ1) is 8.16. The number of carbonyl (C=O) groups is 2. The molecule has 0 aromatic rings. The molecule has 1 saturated carbocycles. The van der Waals surface area contributed by atoms with Crippen LogP contribution in [0.3, 0.4) is 0 Å². The monoisotopic (exact) mass is 243 g/mol. The molecule has 2 aliphatic rings. The maximum absolute atomic E-state index is 11.8. The molecular weight excluding hydrogens is 226 g/mol. The molecule has 1 N–H and O–H groups in total. The number of nitrogens with one attached hydrogen (secondary N) is 1. The SMILES string of the molecule is COC(=O)C1(NC=O)CCC2(CC1)OCCO2. The quantitative estimate of drug-likeness (QED) is 0.556. The Morgan fingerprint density at radius 2 is 1.82 bits per heavy atom. The molecule has 1 aliphatic heterocycles. The minimum atomic E-state index is -0.920. The summed E-state index contributed by atoms with van der Waals surface area (Å²) in [7, 11) is 1.32. The minimum Gasteiger partial charge on any atom is -0.467 e. The van der Waals surface area contributed by atoms with Crippen molar-refractivity contribution in [1.82, 2.24) is 5.32 Å². The molecule has 6 nitrogen and oxygen atoms in total. The zero-order chi connectivity index (χ0) is 12.4. The molecule has 1 heterocycles. The molecule has 0 bridgehead atoms. The van der Waals surface area contributed by atoms with E-state index in [1.807, 2.05) is 0 Å². The number of hydrogen-bond acceptors (Lipinski definition) is 5. The summed E-state index contributed by atoms with van der Waals surface area (Å²) < 4.78 is 15.9. The number of carbonyl (C=O) groups excluding carboxylic acids is 2. The molecule has 6 heteroatoms. The largest absolute Gasteiger partial charge is 0.467 e.